The van der Waals surface area contributed by atoms with Gasteiger partial charge in [-0.25, -0.2) is 9.78 Å². The van der Waals surface area contributed by atoms with Crippen molar-refractivity contribution in [1.29, 1.82) is 0 Å². The van der Waals surface area contributed by atoms with Crippen LogP contribution in [0.15, 0.2) is 36.4 Å². The molecule has 0 aliphatic rings. The summed E-state index contributed by atoms with van der Waals surface area (Å²) in [5, 5.41) is 11.7. The van der Waals surface area contributed by atoms with Crippen molar-refractivity contribution in [3.05, 3.63) is 58.8 Å². The Balaban J connectivity index is 2.37. The molecule has 5 heteroatoms. The lowest BCUT2D eigenvalue weighted by Crippen LogP contribution is -2.28. The molecule has 0 bridgehead atoms. The largest absolute Gasteiger partial charge is 0.481 e. The summed E-state index contributed by atoms with van der Waals surface area (Å²) in [6.45, 7) is 4.03. The normalized spacial score (nSPS) is 11.8. The van der Waals surface area contributed by atoms with Crippen LogP contribution in [0.2, 0.25) is 0 Å². The number of amides is 1. The molecule has 1 aromatic heterocycles. The van der Waals surface area contributed by atoms with Crippen molar-refractivity contribution < 1.29 is 14.6 Å². The first-order chi connectivity index (χ1) is 11.0. The van der Waals surface area contributed by atoms with Crippen molar-refractivity contribution in [1.82, 2.24) is 10.3 Å². The fraction of sp³-hybridized carbons (Fsp3) is 0.333. The second-order valence-electron chi connectivity index (χ2n) is 5.37. The third kappa shape index (κ3) is 4.22. The van der Waals surface area contributed by atoms with Gasteiger partial charge in [-0.05, 0) is 30.5 Å². The molecule has 1 amide bonds. The molecule has 2 aromatic rings. The molecule has 1 heterocycles. The summed E-state index contributed by atoms with van der Waals surface area (Å²) in [6, 6.07) is 11.2. The van der Waals surface area contributed by atoms with Crippen LogP contribution < -0.4 is 10.1 Å². The molecule has 0 spiro atoms. The summed E-state index contributed by atoms with van der Waals surface area (Å²) in [4.78, 5) is 15.6. The SMILES string of the molecule is CCc1cc(CC(NC(=O)O)c2ccccc2)c(OC)nc1C. The van der Waals surface area contributed by atoms with Gasteiger partial charge in [-0.15, -0.1) is 0 Å². The van der Waals surface area contributed by atoms with Gasteiger partial charge in [0.2, 0.25) is 5.88 Å². The average molecular weight is 314 g/mol. The van der Waals surface area contributed by atoms with Gasteiger partial charge in [-0.2, -0.15) is 0 Å². The summed E-state index contributed by atoms with van der Waals surface area (Å²) >= 11 is 0. The number of aromatic nitrogens is 1. The van der Waals surface area contributed by atoms with E-state index >= 15 is 0 Å². The Bertz CT molecular complexity index is 671. The van der Waals surface area contributed by atoms with Crippen molar-refractivity contribution >= 4 is 6.09 Å². The molecule has 0 saturated heterocycles. The lowest BCUT2D eigenvalue weighted by Gasteiger charge is -2.19. The van der Waals surface area contributed by atoms with Gasteiger partial charge in [0, 0.05) is 17.7 Å². The summed E-state index contributed by atoms with van der Waals surface area (Å²) in [5.74, 6) is 0.549. The number of nitrogens with zero attached hydrogens (tertiary/aromatic N) is 1. The predicted molar refractivity (Wildman–Crippen MR) is 89.0 cm³/mol. The Morgan fingerprint density at radius 2 is 2.00 bits per heavy atom. The molecule has 1 atom stereocenters. The molecular formula is C18H22N2O3. The standard InChI is InChI=1S/C18H22N2O3/c1-4-13-10-15(17(23-3)19-12(13)2)11-16(20-18(21)22)14-8-6-5-7-9-14/h5-10,16,20H,4,11H2,1-3H3,(H,21,22). The highest BCUT2D eigenvalue weighted by atomic mass is 16.5. The van der Waals surface area contributed by atoms with Crippen molar-refractivity contribution in [2.45, 2.75) is 32.7 Å². The third-order valence-electron chi connectivity index (χ3n) is 3.86. The van der Waals surface area contributed by atoms with Crippen LogP contribution in [0.4, 0.5) is 4.79 Å². The van der Waals surface area contributed by atoms with Gasteiger partial charge in [0.05, 0.1) is 13.2 Å². The zero-order valence-corrected chi connectivity index (χ0v) is 13.7. The zero-order valence-electron chi connectivity index (χ0n) is 13.7. The number of carbonyl (C=O) groups is 1. The number of aryl methyl sites for hydroxylation is 2. The van der Waals surface area contributed by atoms with E-state index in [0.29, 0.717) is 12.3 Å². The fourth-order valence-electron chi connectivity index (χ4n) is 2.66. The quantitative estimate of drug-likeness (QED) is 0.856. The Morgan fingerprint density at radius 1 is 1.30 bits per heavy atom. The van der Waals surface area contributed by atoms with Gasteiger partial charge in [-0.3, -0.25) is 0 Å². The van der Waals surface area contributed by atoms with Crippen molar-refractivity contribution in [2.24, 2.45) is 0 Å². The Morgan fingerprint density at radius 3 is 2.57 bits per heavy atom. The lowest BCUT2D eigenvalue weighted by atomic mass is 9.97. The first-order valence-corrected chi connectivity index (χ1v) is 7.63. The molecule has 0 fully saturated rings. The molecule has 23 heavy (non-hydrogen) atoms. The minimum atomic E-state index is -1.05. The van der Waals surface area contributed by atoms with Gasteiger partial charge >= 0.3 is 6.09 Å². The average Bonchev–Trinajstić information content (AvgIpc) is 2.55. The molecule has 0 radical (unpaired) electrons. The van der Waals surface area contributed by atoms with Crippen LogP contribution in [0.3, 0.4) is 0 Å². The molecule has 0 aliphatic carbocycles. The van der Waals surface area contributed by atoms with Gasteiger partial charge in [0.25, 0.3) is 0 Å². The first kappa shape index (κ1) is 16.8. The maximum absolute atomic E-state index is 11.1. The zero-order chi connectivity index (χ0) is 16.8. The van der Waals surface area contributed by atoms with Gasteiger partial charge < -0.3 is 15.2 Å². The summed E-state index contributed by atoms with van der Waals surface area (Å²) in [7, 11) is 1.58. The van der Waals surface area contributed by atoms with Crippen molar-refractivity contribution in [3.63, 3.8) is 0 Å². The number of benzene rings is 1. The van der Waals surface area contributed by atoms with Crippen molar-refractivity contribution in [3.8, 4) is 5.88 Å². The van der Waals surface area contributed by atoms with Gasteiger partial charge in [0.15, 0.2) is 0 Å². The van der Waals surface area contributed by atoms with Crippen LogP contribution in [0.25, 0.3) is 0 Å². The van der Waals surface area contributed by atoms with Gasteiger partial charge in [0.1, 0.15) is 0 Å². The smallest absolute Gasteiger partial charge is 0.405 e. The lowest BCUT2D eigenvalue weighted by molar-refractivity contribution is 0.189. The second-order valence-corrected chi connectivity index (χ2v) is 5.37. The van der Waals surface area contributed by atoms with Crippen LogP contribution in [-0.4, -0.2) is 23.3 Å². The number of rotatable bonds is 6. The number of ether oxygens (including phenoxy) is 1. The number of carboxylic acid groups (broad SMARTS) is 1. The molecule has 0 saturated carbocycles. The van der Waals surface area contributed by atoms with E-state index in [9.17, 15) is 4.79 Å². The van der Waals surface area contributed by atoms with E-state index in [0.717, 1.165) is 28.8 Å². The topological polar surface area (TPSA) is 71.5 Å². The van der Waals surface area contributed by atoms with Crippen molar-refractivity contribution in [2.75, 3.05) is 7.11 Å². The molecule has 2 N–H and O–H groups in total. The van der Waals surface area contributed by atoms with E-state index in [2.05, 4.69) is 23.3 Å². The number of nitrogens with one attached hydrogen (secondary N) is 1. The van der Waals surface area contributed by atoms with E-state index < -0.39 is 6.09 Å². The number of hydrogen-bond acceptors (Lipinski definition) is 3. The Labute approximate surface area is 136 Å². The van der Waals surface area contributed by atoms with Crippen LogP contribution >= 0.6 is 0 Å². The van der Waals surface area contributed by atoms with Crippen LogP contribution in [0, 0.1) is 6.92 Å². The maximum atomic E-state index is 11.1. The number of methoxy groups -OCH3 is 1. The molecule has 2 rings (SSSR count). The molecule has 122 valence electrons. The molecule has 1 unspecified atom stereocenters. The maximum Gasteiger partial charge on any atom is 0.405 e. The van der Waals surface area contributed by atoms with E-state index in [1.54, 1.807) is 7.11 Å². The monoisotopic (exact) mass is 314 g/mol. The summed E-state index contributed by atoms with van der Waals surface area (Å²) in [6.07, 6.45) is 0.311. The van der Waals surface area contributed by atoms with Crippen LogP contribution in [0.1, 0.15) is 35.3 Å². The van der Waals surface area contributed by atoms with E-state index in [1.807, 2.05) is 37.3 Å². The molecular weight excluding hydrogens is 292 g/mol. The highest BCUT2D eigenvalue weighted by Gasteiger charge is 2.18. The van der Waals surface area contributed by atoms with Gasteiger partial charge in [-0.1, -0.05) is 37.3 Å². The predicted octanol–water partition coefficient (Wildman–Crippen LogP) is 3.51. The second kappa shape index (κ2) is 7.63. The van der Waals surface area contributed by atoms with E-state index in [4.69, 9.17) is 9.84 Å². The Kier molecular flexibility index (Phi) is 5.57. The summed E-state index contributed by atoms with van der Waals surface area (Å²) < 4.78 is 5.38. The molecule has 5 nitrogen and oxygen atoms in total. The minimum Gasteiger partial charge on any atom is -0.481 e. The third-order valence-corrected chi connectivity index (χ3v) is 3.86. The minimum absolute atomic E-state index is 0.350. The molecule has 0 aliphatic heterocycles. The first-order valence-electron chi connectivity index (χ1n) is 7.63. The number of pyridine rings is 1. The highest BCUT2D eigenvalue weighted by molar-refractivity contribution is 5.65. The highest BCUT2D eigenvalue weighted by Crippen LogP contribution is 2.26. The number of hydrogen-bond donors (Lipinski definition) is 2. The Hall–Kier alpha value is -2.56. The van der Waals surface area contributed by atoms with E-state index in [1.165, 1.54) is 0 Å². The molecule has 1 aromatic carbocycles. The van der Waals surface area contributed by atoms with Crippen LogP contribution in [-0.2, 0) is 12.8 Å². The van der Waals surface area contributed by atoms with E-state index in [-0.39, 0.29) is 6.04 Å². The summed E-state index contributed by atoms with van der Waals surface area (Å²) in [5.41, 5.74) is 3.90. The van der Waals surface area contributed by atoms with Crippen LogP contribution in [0.5, 0.6) is 5.88 Å². The fourth-order valence-corrected chi connectivity index (χ4v) is 2.66.